The number of rotatable bonds is 11. The summed E-state index contributed by atoms with van der Waals surface area (Å²) in [6.07, 6.45) is 3.45. The highest BCUT2D eigenvalue weighted by Gasteiger charge is 2.26. The van der Waals surface area contributed by atoms with E-state index in [0.717, 1.165) is 18.5 Å². The number of fused-ring (bicyclic) bond motifs is 1. The molecule has 1 amide bonds. The van der Waals surface area contributed by atoms with Crippen molar-refractivity contribution in [2.75, 3.05) is 31.5 Å². The van der Waals surface area contributed by atoms with E-state index in [2.05, 4.69) is 62.6 Å². The number of hydrogen-bond donors (Lipinski definition) is 2. The van der Waals surface area contributed by atoms with Crippen LogP contribution in [0.2, 0.25) is 0 Å². The van der Waals surface area contributed by atoms with Gasteiger partial charge in [-0.15, -0.1) is 0 Å². The second-order valence-corrected chi connectivity index (χ2v) is 9.36. The molecule has 188 valence electrons. The lowest BCUT2D eigenvalue weighted by molar-refractivity contribution is -0.119. The maximum Gasteiger partial charge on any atom is 0.356 e. The van der Waals surface area contributed by atoms with Crippen molar-refractivity contribution < 1.29 is 19.1 Å². The van der Waals surface area contributed by atoms with Crippen LogP contribution >= 0.6 is 0 Å². The Kier molecular flexibility index (Phi) is 8.87. The number of carbonyl (C=O) groups is 2. The molecule has 0 aliphatic rings. The molecule has 0 spiro atoms. The maximum atomic E-state index is 12.8. The highest BCUT2D eigenvalue weighted by atomic mass is 16.5. The van der Waals surface area contributed by atoms with Gasteiger partial charge < -0.3 is 24.7 Å². The summed E-state index contributed by atoms with van der Waals surface area (Å²) in [7, 11) is 2.78. The molecule has 0 bridgehead atoms. The predicted molar refractivity (Wildman–Crippen MR) is 139 cm³/mol. The average molecular weight is 481 g/mol. The summed E-state index contributed by atoms with van der Waals surface area (Å²) in [6.45, 7) is 8.87. The monoisotopic (exact) mass is 480 g/mol. The van der Waals surface area contributed by atoms with Crippen LogP contribution in [0.25, 0.3) is 11.0 Å². The van der Waals surface area contributed by atoms with Crippen LogP contribution in [0, 0.1) is 12.8 Å². The molecule has 2 aromatic heterocycles. The van der Waals surface area contributed by atoms with Crippen molar-refractivity contribution in [3.8, 4) is 0 Å². The Morgan fingerprint density at radius 1 is 1.11 bits per heavy atom. The fourth-order valence-corrected chi connectivity index (χ4v) is 4.06. The van der Waals surface area contributed by atoms with Crippen LogP contribution in [0.4, 0.5) is 11.4 Å². The standard InChI is InChI=1S/C27H36N4O4/c1-17(2)11-12-31-25(27(33)35-6)24(30-23(32)16-34-5)22-14-21(15-28-26(22)31)29-19(4)13-20-9-7-18(3)8-10-20/h7-10,14-15,17,19,29H,11-13,16H2,1-6H3,(H,30,32)/t19-/m0/s1. The number of pyridine rings is 1. The highest BCUT2D eigenvalue weighted by Crippen LogP contribution is 2.33. The first kappa shape index (κ1) is 26.2. The Morgan fingerprint density at radius 2 is 1.83 bits per heavy atom. The zero-order valence-electron chi connectivity index (χ0n) is 21.5. The number of hydrogen-bond acceptors (Lipinski definition) is 6. The third-order valence-corrected chi connectivity index (χ3v) is 5.82. The van der Waals surface area contributed by atoms with Gasteiger partial charge in [0.25, 0.3) is 0 Å². The van der Waals surface area contributed by atoms with Crippen molar-refractivity contribution in [1.29, 1.82) is 0 Å². The minimum atomic E-state index is -0.526. The topological polar surface area (TPSA) is 94.5 Å². The molecule has 3 rings (SSSR count). The van der Waals surface area contributed by atoms with Gasteiger partial charge in [-0.05, 0) is 44.2 Å². The van der Waals surface area contributed by atoms with Crippen LogP contribution < -0.4 is 10.6 Å². The first-order valence-electron chi connectivity index (χ1n) is 11.9. The molecule has 3 aromatic rings. The van der Waals surface area contributed by atoms with E-state index in [-0.39, 0.29) is 24.2 Å². The van der Waals surface area contributed by atoms with Gasteiger partial charge >= 0.3 is 5.97 Å². The number of ether oxygens (including phenoxy) is 2. The molecule has 8 heteroatoms. The summed E-state index contributed by atoms with van der Waals surface area (Å²) < 4.78 is 11.9. The lowest BCUT2D eigenvalue weighted by atomic mass is 10.1. The van der Waals surface area contributed by atoms with Crippen LogP contribution in [0.5, 0.6) is 0 Å². The Labute approximate surface area is 207 Å². The predicted octanol–water partition coefficient (Wildman–Crippen LogP) is 4.81. The average Bonchev–Trinajstić information content (AvgIpc) is 3.11. The fraction of sp³-hybridized carbons (Fsp3) is 0.444. The molecule has 1 atom stereocenters. The molecule has 35 heavy (non-hydrogen) atoms. The number of benzene rings is 1. The summed E-state index contributed by atoms with van der Waals surface area (Å²) >= 11 is 0. The van der Waals surface area contributed by atoms with Crippen molar-refractivity contribution in [3.63, 3.8) is 0 Å². The van der Waals surface area contributed by atoms with E-state index in [4.69, 9.17) is 14.5 Å². The number of methoxy groups -OCH3 is 2. The molecule has 0 aliphatic heterocycles. The van der Waals surface area contributed by atoms with Gasteiger partial charge in [-0.25, -0.2) is 9.78 Å². The molecular formula is C27H36N4O4. The molecular weight excluding hydrogens is 444 g/mol. The van der Waals surface area contributed by atoms with Crippen molar-refractivity contribution in [2.45, 2.75) is 53.1 Å². The summed E-state index contributed by atoms with van der Waals surface area (Å²) in [4.78, 5) is 30.0. The number of esters is 1. The summed E-state index contributed by atoms with van der Waals surface area (Å²) in [6, 6.07) is 10.6. The zero-order chi connectivity index (χ0) is 25.5. The molecule has 2 heterocycles. The number of nitrogens with one attached hydrogen (secondary N) is 2. The van der Waals surface area contributed by atoms with E-state index in [1.54, 1.807) is 6.20 Å². The number of nitrogens with zero attached hydrogens (tertiary/aromatic N) is 2. The van der Waals surface area contributed by atoms with E-state index >= 15 is 0 Å². The maximum absolute atomic E-state index is 12.8. The molecule has 0 unspecified atom stereocenters. The first-order chi connectivity index (χ1) is 16.7. The summed E-state index contributed by atoms with van der Waals surface area (Å²) in [5.74, 6) is -0.457. The molecule has 8 nitrogen and oxygen atoms in total. The van der Waals surface area contributed by atoms with E-state index in [1.165, 1.54) is 25.3 Å². The Bertz CT molecular complexity index is 1170. The lowest BCUT2D eigenvalue weighted by Gasteiger charge is -2.16. The van der Waals surface area contributed by atoms with Gasteiger partial charge in [-0.3, -0.25) is 4.79 Å². The second-order valence-electron chi connectivity index (χ2n) is 9.36. The summed E-state index contributed by atoms with van der Waals surface area (Å²) in [5.41, 5.74) is 4.57. The molecule has 0 aliphatic carbocycles. The molecule has 1 aromatic carbocycles. The number of amides is 1. The van der Waals surface area contributed by atoms with E-state index < -0.39 is 5.97 Å². The molecule has 0 saturated carbocycles. The number of aryl methyl sites for hydroxylation is 2. The Morgan fingerprint density at radius 3 is 2.46 bits per heavy atom. The number of anilines is 2. The van der Waals surface area contributed by atoms with Crippen LogP contribution in [0.15, 0.2) is 36.5 Å². The largest absolute Gasteiger partial charge is 0.464 e. The highest BCUT2D eigenvalue weighted by molar-refractivity contribution is 6.11. The number of carbonyl (C=O) groups excluding carboxylic acids is 2. The molecule has 2 N–H and O–H groups in total. The number of aromatic nitrogens is 2. The Balaban J connectivity index is 2.01. The van der Waals surface area contributed by atoms with Gasteiger partial charge in [-0.1, -0.05) is 43.7 Å². The van der Waals surface area contributed by atoms with Gasteiger partial charge in [0.2, 0.25) is 5.91 Å². The smallest absolute Gasteiger partial charge is 0.356 e. The van der Waals surface area contributed by atoms with Crippen LogP contribution in [-0.4, -0.2) is 48.3 Å². The van der Waals surface area contributed by atoms with Crippen molar-refractivity contribution in [2.24, 2.45) is 5.92 Å². The minimum Gasteiger partial charge on any atom is -0.464 e. The summed E-state index contributed by atoms with van der Waals surface area (Å²) in [5, 5.41) is 7.02. The van der Waals surface area contributed by atoms with E-state index in [0.29, 0.717) is 29.2 Å². The fourth-order valence-electron chi connectivity index (χ4n) is 4.06. The first-order valence-corrected chi connectivity index (χ1v) is 11.9. The van der Waals surface area contributed by atoms with Crippen molar-refractivity contribution >= 4 is 34.3 Å². The molecule has 0 fully saturated rings. The Hall–Kier alpha value is -3.39. The minimum absolute atomic E-state index is 0.127. The second kappa shape index (κ2) is 11.8. The van der Waals surface area contributed by atoms with Crippen LogP contribution in [0.3, 0.4) is 0 Å². The molecule has 0 radical (unpaired) electrons. The van der Waals surface area contributed by atoms with Gasteiger partial charge in [0, 0.05) is 25.1 Å². The van der Waals surface area contributed by atoms with Crippen molar-refractivity contribution in [3.05, 3.63) is 53.3 Å². The normalized spacial score (nSPS) is 12.1. The third kappa shape index (κ3) is 6.60. The zero-order valence-corrected chi connectivity index (χ0v) is 21.5. The van der Waals surface area contributed by atoms with Crippen LogP contribution in [-0.2, 0) is 27.2 Å². The third-order valence-electron chi connectivity index (χ3n) is 5.82. The van der Waals surface area contributed by atoms with E-state index in [9.17, 15) is 9.59 Å². The van der Waals surface area contributed by atoms with Gasteiger partial charge in [0.05, 0.1) is 24.7 Å². The quantitative estimate of drug-likeness (QED) is 0.383. The van der Waals surface area contributed by atoms with E-state index in [1.807, 2.05) is 10.6 Å². The van der Waals surface area contributed by atoms with Gasteiger partial charge in [0.15, 0.2) is 5.69 Å². The SMILES string of the molecule is COCC(=O)Nc1c(C(=O)OC)n(CCC(C)C)c2ncc(N[C@@H](C)Cc3ccc(C)cc3)cc12. The van der Waals surface area contributed by atoms with Crippen molar-refractivity contribution in [1.82, 2.24) is 9.55 Å². The van der Waals surface area contributed by atoms with Gasteiger partial charge in [-0.2, -0.15) is 0 Å². The van der Waals surface area contributed by atoms with Gasteiger partial charge in [0.1, 0.15) is 12.3 Å². The van der Waals surface area contributed by atoms with Crippen LogP contribution in [0.1, 0.15) is 48.8 Å². The molecule has 0 saturated heterocycles. The lowest BCUT2D eigenvalue weighted by Crippen LogP contribution is -2.20.